The Hall–Kier alpha value is -2.74. The second-order valence-electron chi connectivity index (χ2n) is 6.91. The minimum atomic E-state index is -4.26. The third-order valence-electron chi connectivity index (χ3n) is 4.64. The lowest BCUT2D eigenvalue weighted by Crippen LogP contribution is -2.44. The fourth-order valence-corrected chi connectivity index (χ4v) is 4.98. The fraction of sp³-hybridized carbons (Fsp3) is 0.174. The van der Waals surface area contributed by atoms with E-state index < -0.39 is 22.0 Å². The number of rotatable bonds is 7. The van der Waals surface area contributed by atoms with Crippen molar-refractivity contribution >= 4 is 44.8 Å². The first kappa shape index (κ1) is 23.9. The third kappa shape index (κ3) is 5.01. The molecule has 9 heteroatoms. The number of halogens is 2. The lowest BCUT2D eigenvalue weighted by atomic mass is 10.2. The Labute approximate surface area is 197 Å². The Morgan fingerprint density at radius 3 is 2.22 bits per heavy atom. The van der Waals surface area contributed by atoms with Gasteiger partial charge in [-0.15, -0.1) is 0 Å². The van der Waals surface area contributed by atoms with Crippen molar-refractivity contribution < 1.29 is 22.7 Å². The summed E-state index contributed by atoms with van der Waals surface area (Å²) in [6.07, 6.45) is -1.13. The maximum atomic E-state index is 13.5. The number of aryl methyl sites for hydroxylation is 1. The van der Waals surface area contributed by atoms with Crippen LogP contribution in [0.4, 0.5) is 5.69 Å². The predicted octanol–water partition coefficient (Wildman–Crippen LogP) is 5.50. The summed E-state index contributed by atoms with van der Waals surface area (Å²) in [5.74, 6) is -0.0227. The first-order chi connectivity index (χ1) is 15.1. The van der Waals surface area contributed by atoms with E-state index in [9.17, 15) is 13.2 Å². The molecule has 3 aromatic rings. The van der Waals surface area contributed by atoms with Crippen LogP contribution in [-0.4, -0.2) is 27.5 Å². The van der Waals surface area contributed by atoms with Gasteiger partial charge in [0.05, 0.1) is 22.7 Å². The average molecular weight is 494 g/mol. The smallest absolute Gasteiger partial charge is 0.281 e. The summed E-state index contributed by atoms with van der Waals surface area (Å²) in [4.78, 5) is 13.4. The molecule has 0 radical (unpaired) electrons. The normalized spacial score (nSPS) is 12.2. The molecule has 6 nitrogen and oxygen atoms in total. The van der Waals surface area contributed by atoms with Gasteiger partial charge in [0.15, 0.2) is 6.10 Å². The minimum Gasteiger partial charge on any atom is -0.495 e. The SMILES string of the molecule is COc1ccc(N(C(=O)C(C)Oc2ccc(Cl)cc2C)S(=O)(=O)c2ccccc2)cc1Cl. The Bertz CT molecular complexity index is 1230. The Balaban J connectivity index is 2.05. The van der Waals surface area contributed by atoms with Gasteiger partial charge in [0.25, 0.3) is 15.9 Å². The molecule has 32 heavy (non-hydrogen) atoms. The second kappa shape index (κ2) is 9.81. The van der Waals surface area contributed by atoms with E-state index in [4.69, 9.17) is 32.7 Å². The van der Waals surface area contributed by atoms with E-state index in [-0.39, 0.29) is 15.6 Å². The Morgan fingerprint density at radius 1 is 0.969 bits per heavy atom. The molecule has 0 N–H and O–H groups in total. The topological polar surface area (TPSA) is 72.9 Å². The summed E-state index contributed by atoms with van der Waals surface area (Å²) in [7, 11) is -2.82. The van der Waals surface area contributed by atoms with Gasteiger partial charge in [-0.05, 0) is 67.9 Å². The van der Waals surface area contributed by atoms with E-state index in [1.807, 2.05) is 0 Å². The monoisotopic (exact) mass is 493 g/mol. The van der Waals surface area contributed by atoms with Crippen LogP contribution < -0.4 is 13.8 Å². The molecule has 3 aromatic carbocycles. The van der Waals surface area contributed by atoms with E-state index in [1.165, 1.54) is 44.4 Å². The number of hydrogen-bond acceptors (Lipinski definition) is 5. The van der Waals surface area contributed by atoms with Crippen LogP contribution in [0.5, 0.6) is 11.5 Å². The van der Waals surface area contributed by atoms with Crippen molar-refractivity contribution in [2.75, 3.05) is 11.4 Å². The molecule has 1 unspecified atom stereocenters. The molecule has 0 saturated carbocycles. The highest BCUT2D eigenvalue weighted by Crippen LogP contribution is 2.33. The number of carbonyl (C=O) groups is 1. The second-order valence-corrected chi connectivity index (χ2v) is 9.54. The lowest BCUT2D eigenvalue weighted by Gasteiger charge is -2.26. The predicted molar refractivity (Wildman–Crippen MR) is 125 cm³/mol. The molecule has 0 aliphatic carbocycles. The summed E-state index contributed by atoms with van der Waals surface area (Å²) in [6.45, 7) is 3.26. The van der Waals surface area contributed by atoms with Gasteiger partial charge in [-0.1, -0.05) is 41.4 Å². The van der Waals surface area contributed by atoms with Gasteiger partial charge in [-0.3, -0.25) is 4.79 Å². The molecule has 168 valence electrons. The van der Waals surface area contributed by atoms with E-state index in [0.717, 1.165) is 0 Å². The number of sulfonamides is 1. The molecule has 0 saturated heterocycles. The van der Waals surface area contributed by atoms with Crippen molar-refractivity contribution in [1.82, 2.24) is 0 Å². The summed E-state index contributed by atoms with van der Waals surface area (Å²) < 4.78 is 38.6. The average Bonchev–Trinajstić information content (AvgIpc) is 2.76. The van der Waals surface area contributed by atoms with Crippen molar-refractivity contribution in [2.24, 2.45) is 0 Å². The van der Waals surface area contributed by atoms with Crippen molar-refractivity contribution in [1.29, 1.82) is 0 Å². The van der Waals surface area contributed by atoms with Gasteiger partial charge in [0, 0.05) is 5.02 Å². The summed E-state index contributed by atoms with van der Waals surface area (Å²) in [6, 6.07) is 16.9. The molecular formula is C23H21Cl2NO5S. The van der Waals surface area contributed by atoms with Crippen molar-refractivity contribution in [3.8, 4) is 11.5 Å². The largest absolute Gasteiger partial charge is 0.495 e. The summed E-state index contributed by atoms with van der Waals surface area (Å²) in [5.41, 5.74) is 0.773. The quantitative estimate of drug-likeness (QED) is 0.434. The van der Waals surface area contributed by atoms with Crippen LogP contribution in [0.15, 0.2) is 71.6 Å². The number of ether oxygens (including phenoxy) is 2. The zero-order valence-corrected chi connectivity index (χ0v) is 19.9. The number of benzene rings is 3. The van der Waals surface area contributed by atoms with Crippen molar-refractivity contribution in [3.05, 3.63) is 82.3 Å². The van der Waals surface area contributed by atoms with Gasteiger partial charge in [-0.25, -0.2) is 8.42 Å². The van der Waals surface area contributed by atoms with Gasteiger partial charge in [0.2, 0.25) is 0 Å². The number of methoxy groups -OCH3 is 1. The standard InChI is InChI=1S/C23H21Cl2NO5S/c1-15-13-17(24)9-11-21(15)31-16(2)23(27)26(18-10-12-22(30-3)20(25)14-18)32(28,29)19-7-5-4-6-8-19/h4-14,16H,1-3H3. The Kier molecular flexibility index (Phi) is 7.33. The van der Waals surface area contributed by atoms with Gasteiger partial charge >= 0.3 is 0 Å². The molecular weight excluding hydrogens is 473 g/mol. The maximum Gasteiger partial charge on any atom is 0.281 e. The summed E-state index contributed by atoms with van der Waals surface area (Å²) >= 11 is 12.2. The lowest BCUT2D eigenvalue weighted by molar-refractivity contribution is -0.123. The zero-order chi connectivity index (χ0) is 23.5. The number of hydrogen-bond donors (Lipinski definition) is 0. The highest BCUT2D eigenvalue weighted by Gasteiger charge is 2.35. The molecule has 0 heterocycles. The maximum absolute atomic E-state index is 13.5. The van der Waals surface area contributed by atoms with E-state index in [0.29, 0.717) is 26.4 Å². The van der Waals surface area contributed by atoms with Gasteiger partial charge in [0.1, 0.15) is 11.5 Å². The van der Waals surface area contributed by atoms with E-state index in [2.05, 4.69) is 0 Å². The highest BCUT2D eigenvalue weighted by atomic mass is 35.5. The molecule has 1 atom stereocenters. The van der Waals surface area contributed by atoms with Crippen molar-refractivity contribution in [2.45, 2.75) is 24.8 Å². The van der Waals surface area contributed by atoms with Crippen LogP contribution in [0.25, 0.3) is 0 Å². The van der Waals surface area contributed by atoms with Crippen molar-refractivity contribution in [3.63, 3.8) is 0 Å². The Morgan fingerprint density at radius 2 is 1.62 bits per heavy atom. The molecule has 3 rings (SSSR count). The van der Waals surface area contributed by atoms with Crippen LogP contribution in [-0.2, 0) is 14.8 Å². The van der Waals surface area contributed by atoms with Crippen LogP contribution in [0.3, 0.4) is 0 Å². The van der Waals surface area contributed by atoms with E-state index >= 15 is 0 Å². The summed E-state index contributed by atoms with van der Waals surface area (Å²) in [5, 5.41) is 0.683. The molecule has 1 amide bonds. The molecule has 0 fully saturated rings. The van der Waals surface area contributed by atoms with Gasteiger partial charge < -0.3 is 9.47 Å². The number of anilines is 1. The first-order valence-electron chi connectivity index (χ1n) is 9.55. The molecule has 0 spiro atoms. The zero-order valence-electron chi connectivity index (χ0n) is 17.6. The number of amides is 1. The molecule has 0 aromatic heterocycles. The minimum absolute atomic E-state index is 0.0461. The first-order valence-corrected chi connectivity index (χ1v) is 11.8. The number of nitrogens with zero attached hydrogens (tertiary/aromatic N) is 1. The van der Waals surface area contributed by atoms with Gasteiger partial charge in [-0.2, -0.15) is 4.31 Å². The molecule has 0 aliphatic rings. The highest BCUT2D eigenvalue weighted by molar-refractivity contribution is 7.93. The van der Waals surface area contributed by atoms with Crippen LogP contribution in [0, 0.1) is 6.92 Å². The van der Waals surface area contributed by atoms with Crippen LogP contribution in [0.1, 0.15) is 12.5 Å². The fourth-order valence-electron chi connectivity index (χ4n) is 3.01. The van der Waals surface area contributed by atoms with Crippen LogP contribution >= 0.6 is 23.2 Å². The number of carbonyl (C=O) groups excluding carboxylic acids is 1. The van der Waals surface area contributed by atoms with E-state index in [1.54, 1.807) is 43.3 Å². The van der Waals surface area contributed by atoms with Crippen LogP contribution in [0.2, 0.25) is 10.0 Å². The molecule has 0 aliphatic heterocycles. The molecule has 0 bridgehead atoms. The third-order valence-corrected chi connectivity index (χ3v) is 6.91.